The Morgan fingerprint density at radius 3 is 3.18 bits per heavy atom. The molecule has 0 aliphatic heterocycles. The molecule has 2 N–H and O–H groups in total. The second-order valence-corrected chi connectivity index (χ2v) is 1.92. The van der Waals surface area contributed by atoms with E-state index in [1.165, 1.54) is 0 Å². The number of nitrogens with two attached hydrogens (primary N) is 1. The Kier molecular flexibility index (Phi) is 2.43. The zero-order valence-electron chi connectivity index (χ0n) is 5.81. The second-order valence-electron chi connectivity index (χ2n) is 1.92. The molecule has 1 heterocycles. The number of pyridine rings is 1. The zero-order valence-corrected chi connectivity index (χ0v) is 5.81. The molecule has 1 aromatic heterocycles. The molecule has 1 aromatic rings. The molecule has 0 aliphatic rings. The molecule has 0 aromatic carbocycles. The fraction of sp³-hybridized carbons (Fsp3) is 0.167. The van der Waals surface area contributed by atoms with E-state index in [4.69, 9.17) is 11.3 Å². The monoisotopic (exact) mass is 149 g/mol. The van der Waals surface area contributed by atoms with E-state index < -0.39 is 0 Å². The van der Waals surface area contributed by atoms with Crippen LogP contribution in [-0.4, -0.2) is 4.98 Å². The van der Waals surface area contributed by atoms with Crippen molar-refractivity contribution < 1.29 is 0 Å². The summed E-state index contributed by atoms with van der Waals surface area (Å²) in [4.78, 5) is 6.40. The quantitative estimate of drug-likeness (QED) is 0.392. The molecular formula is C6H7N5. The summed E-state index contributed by atoms with van der Waals surface area (Å²) in [5.74, 6) is 0.357. The summed E-state index contributed by atoms with van der Waals surface area (Å²) in [6.45, 7) is 0.427. The summed E-state index contributed by atoms with van der Waals surface area (Å²) in [7, 11) is 0. The Bertz CT molecular complexity index is 289. The lowest BCUT2D eigenvalue weighted by molar-refractivity contribution is 1.06. The van der Waals surface area contributed by atoms with E-state index in [-0.39, 0.29) is 0 Å². The molecule has 0 saturated carbocycles. The number of nitrogens with zero attached hydrogens (tertiary/aromatic N) is 4. The first-order valence-electron chi connectivity index (χ1n) is 3.07. The van der Waals surface area contributed by atoms with E-state index >= 15 is 0 Å². The van der Waals surface area contributed by atoms with Crippen LogP contribution in [0.25, 0.3) is 10.4 Å². The van der Waals surface area contributed by atoms with E-state index in [0.717, 1.165) is 5.56 Å². The van der Waals surface area contributed by atoms with Crippen molar-refractivity contribution >= 4 is 5.82 Å². The Morgan fingerprint density at radius 2 is 2.55 bits per heavy atom. The molecule has 11 heavy (non-hydrogen) atoms. The summed E-state index contributed by atoms with van der Waals surface area (Å²) in [5, 5.41) is 3.33. The van der Waals surface area contributed by atoms with Gasteiger partial charge in [0.05, 0.1) is 0 Å². The number of hydrogen-bond donors (Lipinski definition) is 1. The van der Waals surface area contributed by atoms with Crippen molar-refractivity contribution in [3.63, 3.8) is 0 Å². The van der Waals surface area contributed by atoms with Crippen molar-refractivity contribution in [2.45, 2.75) is 6.54 Å². The van der Waals surface area contributed by atoms with Gasteiger partial charge in [-0.25, -0.2) is 0 Å². The highest BCUT2D eigenvalue weighted by atomic mass is 15.2. The second kappa shape index (κ2) is 3.55. The van der Waals surface area contributed by atoms with Crippen LogP contribution in [0, 0.1) is 0 Å². The highest BCUT2D eigenvalue weighted by Gasteiger charge is 1.90. The molecule has 0 unspecified atom stereocenters. The molecule has 0 spiro atoms. The predicted octanol–water partition coefficient (Wildman–Crippen LogP) is 1.48. The van der Waals surface area contributed by atoms with E-state index in [1.54, 1.807) is 18.3 Å². The van der Waals surface area contributed by atoms with Crippen LogP contribution < -0.4 is 5.73 Å². The lowest BCUT2D eigenvalue weighted by Gasteiger charge is -1.94. The summed E-state index contributed by atoms with van der Waals surface area (Å²) in [6.07, 6.45) is 1.56. The van der Waals surface area contributed by atoms with Gasteiger partial charge < -0.3 is 5.73 Å². The van der Waals surface area contributed by atoms with Gasteiger partial charge in [-0.2, -0.15) is 0 Å². The Balaban J connectivity index is 3.00. The van der Waals surface area contributed by atoms with Crippen molar-refractivity contribution in [1.29, 1.82) is 0 Å². The lowest BCUT2D eigenvalue weighted by atomic mass is 10.3. The lowest BCUT2D eigenvalue weighted by Crippen LogP contribution is -1.95. The summed E-state index contributed by atoms with van der Waals surface area (Å²) >= 11 is 0. The molecule has 0 aliphatic carbocycles. The van der Waals surface area contributed by atoms with E-state index in [9.17, 15) is 0 Å². The third kappa shape index (κ3) is 1.93. The third-order valence-electron chi connectivity index (χ3n) is 1.19. The standard InChI is InChI=1S/C6H7N5/c7-4-5-1-2-9-6(3-5)10-11-8/h1-3H,4,7H2. The fourth-order valence-corrected chi connectivity index (χ4v) is 0.688. The molecule has 0 fully saturated rings. The molecule has 0 atom stereocenters. The van der Waals surface area contributed by atoms with Gasteiger partial charge in [0.2, 0.25) is 0 Å². The number of rotatable bonds is 2. The molecule has 56 valence electrons. The largest absolute Gasteiger partial charge is 0.326 e. The first-order valence-corrected chi connectivity index (χ1v) is 3.07. The van der Waals surface area contributed by atoms with Crippen LogP contribution in [0.4, 0.5) is 5.82 Å². The number of aromatic nitrogens is 1. The van der Waals surface area contributed by atoms with Crippen molar-refractivity contribution in [2.75, 3.05) is 0 Å². The topological polar surface area (TPSA) is 87.7 Å². The van der Waals surface area contributed by atoms with Crippen molar-refractivity contribution in [2.24, 2.45) is 10.8 Å². The van der Waals surface area contributed by atoms with Crippen molar-refractivity contribution in [1.82, 2.24) is 4.98 Å². The summed E-state index contributed by atoms with van der Waals surface area (Å²) in [5.41, 5.74) is 14.3. The predicted molar refractivity (Wildman–Crippen MR) is 40.9 cm³/mol. The summed E-state index contributed by atoms with van der Waals surface area (Å²) in [6, 6.07) is 3.43. The van der Waals surface area contributed by atoms with Crippen LogP contribution in [0.2, 0.25) is 0 Å². The van der Waals surface area contributed by atoms with Crippen LogP contribution in [0.3, 0.4) is 0 Å². The maximum atomic E-state index is 8.07. The Labute approximate surface area is 63.5 Å². The van der Waals surface area contributed by atoms with Gasteiger partial charge >= 0.3 is 0 Å². The molecule has 0 saturated heterocycles. The first kappa shape index (κ1) is 7.53. The minimum Gasteiger partial charge on any atom is -0.326 e. The maximum absolute atomic E-state index is 8.07. The van der Waals surface area contributed by atoms with Gasteiger partial charge in [0.25, 0.3) is 0 Å². The number of azide groups is 1. The zero-order chi connectivity index (χ0) is 8.10. The normalized spacial score (nSPS) is 8.82. The van der Waals surface area contributed by atoms with Gasteiger partial charge in [-0.05, 0) is 28.3 Å². The Morgan fingerprint density at radius 1 is 1.73 bits per heavy atom. The van der Waals surface area contributed by atoms with Crippen LogP contribution in [0.5, 0.6) is 0 Å². The van der Waals surface area contributed by atoms with Crippen molar-refractivity contribution in [3.8, 4) is 0 Å². The molecule has 0 radical (unpaired) electrons. The highest BCUT2D eigenvalue weighted by molar-refractivity contribution is 5.30. The van der Waals surface area contributed by atoms with Crippen LogP contribution >= 0.6 is 0 Å². The van der Waals surface area contributed by atoms with Gasteiger partial charge in [0.1, 0.15) is 5.82 Å². The minimum atomic E-state index is 0.357. The van der Waals surface area contributed by atoms with Crippen LogP contribution in [0.15, 0.2) is 23.4 Å². The number of hydrogen-bond acceptors (Lipinski definition) is 3. The van der Waals surface area contributed by atoms with Crippen molar-refractivity contribution in [3.05, 3.63) is 34.3 Å². The first-order chi connectivity index (χ1) is 5.36. The maximum Gasteiger partial charge on any atom is 0.127 e. The molecule has 1 rings (SSSR count). The fourth-order valence-electron chi connectivity index (χ4n) is 0.688. The van der Waals surface area contributed by atoms with E-state index in [0.29, 0.717) is 12.4 Å². The Hall–Kier alpha value is -1.58. The average molecular weight is 149 g/mol. The SMILES string of the molecule is [N-]=[N+]=Nc1cc(CN)ccn1. The van der Waals surface area contributed by atoms with Gasteiger partial charge in [0, 0.05) is 17.7 Å². The third-order valence-corrected chi connectivity index (χ3v) is 1.19. The molecular weight excluding hydrogens is 142 g/mol. The van der Waals surface area contributed by atoms with Gasteiger partial charge in [0.15, 0.2) is 0 Å². The molecule has 5 nitrogen and oxygen atoms in total. The van der Waals surface area contributed by atoms with E-state index in [1.807, 2.05) is 0 Å². The minimum absolute atomic E-state index is 0.357. The van der Waals surface area contributed by atoms with Gasteiger partial charge in [-0.1, -0.05) is 0 Å². The molecule has 5 heteroatoms. The molecule has 0 amide bonds. The van der Waals surface area contributed by atoms with Crippen LogP contribution in [0.1, 0.15) is 5.56 Å². The average Bonchev–Trinajstić information content (AvgIpc) is 2.06. The molecule has 0 bridgehead atoms. The van der Waals surface area contributed by atoms with E-state index in [2.05, 4.69) is 15.0 Å². The highest BCUT2D eigenvalue weighted by Crippen LogP contribution is 2.08. The van der Waals surface area contributed by atoms with Gasteiger partial charge in [-0.3, -0.25) is 4.98 Å². The summed E-state index contributed by atoms with van der Waals surface area (Å²) < 4.78 is 0. The van der Waals surface area contributed by atoms with Gasteiger partial charge in [-0.15, -0.1) is 0 Å². The smallest absolute Gasteiger partial charge is 0.127 e. The van der Waals surface area contributed by atoms with Crippen LogP contribution in [-0.2, 0) is 6.54 Å².